The molecule has 0 saturated heterocycles. The van der Waals surface area contributed by atoms with Gasteiger partial charge in [-0.05, 0) is 30.5 Å². The molecule has 150 valence electrons. The minimum absolute atomic E-state index is 0.209. The summed E-state index contributed by atoms with van der Waals surface area (Å²) in [7, 11) is 3.69. The highest BCUT2D eigenvalue weighted by Gasteiger charge is 2.50. The molecule has 1 fully saturated rings. The molecule has 3 heterocycles. The molecule has 0 atom stereocenters. The van der Waals surface area contributed by atoms with E-state index >= 15 is 0 Å². The van der Waals surface area contributed by atoms with Gasteiger partial charge in [-0.15, -0.1) is 0 Å². The van der Waals surface area contributed by atoms with Crippen molar-refractivity contribution >= 4 is 34.0 Å². The summed E-state index contributed by atoms with van der Waals surface area (Å²) < 4.78 is 7.85. The van der Waals surface area contributed by atoms with Crippen LogP contribution in [0.5, 0.6) is 0 Å². The number of rotatable bonds is 5. The van der Waals surface area contributed by atoms with Gasteiger partial charge in [0.05, 0.1) is 12.4 Å². The van der Waals surface area contributed by atoms with E-state index in [0.717, 1.165) is 22.2 Å². The molecule has 0 aliphatic heterocycles. The van der Waals surface area contributed by atoms with Crippen molar-refractivity contribution < 1.29 is 9.21 Å². The van der Waals surface area contributed by atoms with Crippen LogP contribution in [0, 0.1) is 16.7 Å². The molecule has 30 heavy (non-hydrogen) atoms. The summed E-state index contributed by atoms with van der Waals surface area (Å²) in [5, 5.41) is 15.1. The monoisotopic (exact) mass is 401 g/mol. The number of carbonyl (C=O) groups is 1. The van der Waals surface area contributed by atoms with E-state index in [2.05, 4.69) is 31.7 Å². The lowest BCUT2D eigenvalue weighted by Crippen LogP contribution is -2.30. The smallest absolute Gasteiger partial charge is 0.251 e. The van der Waals surface area contributed by atoms with Gasteiger partial charge < -0.3 is 19.6 Å². The van der Waals surface area contributed by atoms with Crippen LogP contribution in [0.3, 0.4) is 0 Å². The van der Waals surface area contributed by atoms with Gasteiger partial charge in [0.15, 0.2) is 11.3 Å². The number of nitriles is 1. The molecule has 1 saturated carbocycles. The predicted molar refractivity (Wildman–Crippen MR) is 110 cm³/mol. The van der Waals surface area contributed by atoms with E-state index < -0.39 is 5.41 Å². The first-order valence-corrected chi connectivity index (χ1v) is 9.63. The van der Waals surface area contributed by atoms with Crippen LogP contribution >= 0.6 is 0 Å². The molecule has 0 unspecified atom stereocenters. The van der Waals surface area contributed by atoms with E-state index in [0.29, 0.717) is 42.3 Å². The third-order valence-electron chi connectivity index (χ3n) is 5.47. The fourth-order valence-electron chi connectivity index (χ4n) is 3.56. The quantitative estimate of drug-likeness (QED) is 0.527. The molecule has 0 spiro atoms. The van der Waals surface area contributed by atoms with Crippen LogP contribution in [-0.2, 0) is 18.4 Å². The van der Waals surface area contributed by atoms with Gasteiger partial charge in [0.2, 0.25) is 11.8 Å². The Morgan fingerprint density at radius 3 is 2.90 bits per heavy atom. The third-order valence-corrected chi connectivity index (χ3v) is 5.47. The number of hydrogen-bond donors (Lipinski definition) is 2. The highest BCUT2D eigenvalue weighted by Crippen LogP contribution is 2.45. The van der Waals surface area contributed by atoms with Crippen molar-refractivity contribution in [2.45, 2.75) is 19.4 Å². The van der Waals surface area contributed by atoms with Crippen molar-refractivity contribution in [3.05, 3.63) is 36.2 Å². The van der Waals surface area contributed by atoms with Gasteiger partial charge in [0, 0.05) is 26.2 Å². The molecule has 5 rings (SSSR count). The molecule has 1 aliphatic rings. The molecule has 0 bridgehead atoms. The SMILES string of the molecule is CNc1nc2oc(-c3cccc(CNC(=O)C4(C#N)CC4)c3)nc2c2c1ncn2C. The largest absolute Gasteiger partial charge is 0.418 e. The van der Waals surface area contributed by atoms with E-state index in [1.165, 1.54) is 0 Å². The lowest BCUT2D eigenvalue weighted by molar-refractivity contribution is -0.124. The topological polar surface area (TPSA) is 122 Å². The minimum Gasteiger partial charge on any atom is -0.418 e. The molecule has 3 aromatic heterocycles. The number of amides is 1. The number of aryl methyl sites for hydroxylation is 1. The highest BCUT2D eigenvalue weighted by atomic mass is 16.4. The van der Waals surface area contributed by atoms with Gasteiger partial charge in [-0.3, -0.25) is 4.79 Å². The van der Waals surface area contributed by atoms with Crippen molar-refractivity contribution in [3.8, 4) is 17.5 Å². The van der Waals surface area contributed by atoms with E-state index in [-0.39, 0.29) is 5.91 Å². The number of nitrogens with one attached hydrogen (secondary N) is 2. The average molecular weight is 401 g/mol. The molecule has 1 aromatic carbocycles. The van der Waals surface area contributed by atoms with Crippen LogP contribution in [0.2, 0.25) is 0 Å². The molecular formula is C21H19N7O2. The number of nitrogens with zero attached hydrogens (tertiary/aromatic N) is 5. The molecule has 0 radical (unpaired) electrons. The molecular weight excluding hydrogens is 382 g/mol. The second kappa shape index (κ2) is 6.56. The van der Waals surface area contributed by atoms with Crippen molar-refractivity contribution in [2.75, 3.05) is 12.4 Å². The highest BCUT2D eigenvalue weighted by molar-refractivity contribution is 6.03. The molecule has 9 heteroatoms. The summed E-state index contributed by atoms with van der Waals surface area (Å²) in [6, 6.07) is 9.72. The van der Waals surface area contributed by atoms with Crippen LogP contribution in [0.1, 0.15) is 18.4 Å². The van der Waals surface area contributed by atoms with Crippen LogP contribution in [-0.4, -0.2) is 32.5 Å². The number of fused-ring (bicyclic) bond motifs is 3. The molecule has 1 aliphatic carbocycles. The van der Waals surface area contributed by atoms with E-state index in [1.54, 1.807) is 13.4 Å². The summed E-state index contributed by atoms with van der Waals surface area (Å²) >= 11 is 0. The molecule has 4 aromatic rings. The second-order valence-electron chi connectivity index (χ2n) is 7.51. The van der Waals surface area contributed by atoms with Gasteiger partial charge >= 0.3 is 0 Å². The van der Waals surface area contributed by atoms with Crippen LogP contribution in [0.15, 0.2) is 35.0 Å². The van der Waals surface area contributed by atoms with Crippen LogP contribution in [0.4, 0.5) is 5.82 Å². The molecule has 1 amide bonds. The first-order valence-electron chi connectivity index (χ1n) is 9.63. The predicted octanol–water partition coefficient (Wildman–Crippen LogP) is 2.74. The fraction of sp³-hybridized carbons (Fsp3) is 0.286. The average Bonchev–Trinajstić information content (AvgIpc) is 3.31. The summed E-state index contributed by atoms with van der Waals surface area (Å²) in [6.45, 7) is 0.338. The first-order chi connectivity index (χ1) is 14.5. The molecule has 9 nitrogen and oxygen atoms in total. The Labute approximate surface area is 171 Å². The zero-order valence-electron chi connectivity index (χ0n) is 16.6. The van der Waals surface area contributed by atoms with Crippen molar-refractivity contribution in [1.82, 2.24) is 24.8 Å². The maximum atomic E-state index is 12.2. The van der Waals surface area contributed by atoms with Gasteiger partial charge in [-0.1, -0.05) is 12.1 Å². The first kappa shape index (κ1) is 18.1. The van der Waals surface area contributed by atoms with E-state index in [4.69, 9.17) is 9.68 Å². The lowest BCUT2D eigenvalue weighted by atomic mass is 10.1. The van der Waals surface area contributed by atoms with Gasteiger partial charge in [-0.2, -0.15) is 10.2 Å². The number of benzene rings is 1. The normalized spacial score (nSPS) is 14.6. The van der Waals surface area contributed by atoms with Gasteiger partial charge in [0.25, 0.3) is 5.71 Å². The van der Waals surface area contributed by atoms with Crippen molar-refractivity contribution in [1.29, 1.82) is 5.26 Å². The number of aromatic nitrogens is 4. The molecule has 2 N–H and O–H groups in total. The number of imidazole rings is 1. The van der Waals surface area contributed by atoms with Crippen LogP contribution < -0.4 is 10.6 Å². The Hall–Kier alpha value is -3.93. The fourth-order valence-corrected chi connectivity index (χ4v) is 3.56. The van der Waals surface area contributed by atoms with Gasteiger partial charge in [0.1, 0.15) is 16.4 Å². The number of pyridine rings is 1. The Morgan fingerprint density at radius 1 is 1.33 bits per heavy atom. The Balaban J connectivity index is 1.48. The van der Waals surface area contributed by atoms with E-state index in [9.17, 15) is 4.79 Å². The summed E-state index contributed by atoms with van der Waals surface area (Å²) in [5.74, 6) is 0.862. The summed E-state index contributed by atoms with van der Waals surface area (Å²) in [5.41, 5.74) is 3.48. The minimum atomic E-state index is -0.830. The number of hydrogen-bond acceptors (Lipinski definition) is 7. The summed E-state index contributed by atoms with van der Waals surface area (Å²) in [6.07, 6.45) is 2.98. The van der Waals surface area contributed by atoms with Crippen molar-refractivity contribution in [2.24, 2.45) is 12.5 Å². The lowest BCUT2D eigenvalue weighted by Gasteiger charge is -2.08. The number of carbonyl (C=O) groups excluding carboxylic acids is 1. The maximum Gasteiger partial charge on any atom is 0.251 e. The second-order valence-corrected chi connectivity index (χ2v) is 7.51. The summed E-state index contributed by atoms with van der Waals surface area (Å²) in [4.78, 5) is 25.8. The Morgan fingerprint density at radius 2 is 2.17 bits per heavy atom. The Kier molecular flexibility index (Phi) is 3.96. The standard InChI is InChI=1S/C21H19N7O2/c1-23-17-14-16(28(2)11-25-14)15-19(27-17)30-18(26-15)13-5-3-4-12(8-13)9-24-20(29)21(10-22)6-7-21/h3-5,8,11H,6-7,9H2,1-2H3,(H,23,27)(H,24,29). The van der Waals surface area contributed by atoms with E-state index in [1.807, 2.05) is 35.9 Å². The zero-order valence-corrected chi connectivity index (χ0v) is 16.6. The number of anilines is 1. The Bertz CT molecular complexity index is 1340. The third kappa shape index (κ3) is 2.76. The van der Waals surface area contributed by atoms with Crippen LogP contribution in [0.25, 0.3) is 33.7 Å². The number of oxazole rings is 1. The van der Waals surface area contributed by atoms with Gasteiger partial charge in [-0.25, -0.2) is 9.97 Å². The zero-order chi connectivity index (χ0) is 20.9. The maximum absolute atomic E-state index is 12.2. The van der Waals surface area contributed by atoms with Crippen molar-refractivity contribution in [3.63, 3.8) is 0 Å².